The van der Waals surface area contributed by atoms with E-state index in [0.29, 0.717) is 37.2 Å². The zero-order chi connectivity index (χ0) is 20.4. The van der Waals surface area contributed by atoms with Crippen molar-refractivity contribution in [1.29, 1.82) is 0 Å². The predicted octanol–water partition coefficient (Wildman–Crippen LogP) is 1.71. The maximum atomic E-state index is 12.8. The molecule has 3 aliphatic rings. The lowest BCUT2D eigenvalue weighted by atomic mass is 9.92. The number of piperidine rings is 1. The van der Waals surface area contributed by atoms with E-state index in [0.717, 1.165) is 37.0 Å². The summed E-state index contributed by atoms with van der Waals surface area (Å²) >= 11 is 0. The number of nitrogens with one attached hydrogen (secondary N) is 2. The molecule has 2 amide bonds. The molecule has 1 aromatic rings. The van der Waals surface area contributed by atoms with E-state index in [9.17, 15) is 9.59 Å². The van der Waals surface area contributed by atoms with Gasteiger partial charge in [-0.1, -0.05) is 13.0 Å². The first-order chi connectivity index (χ1) is 14.1. The number of hydrogen-bond acceptors (Lipinski definition) is 5. The summed E-state index contributed by atoms with van der Waals surface area (Å²) in [5.74, 6) is 0.501. The molecule has 3 unspecified atom stereocenters. The van der Waals surface area contributed by atoms with Gasteiger partial charge in [-0.05, 0) is 55.9 Å². The van der Waals surface area contributed by atoms with Gasteiger partial charge in [0.1, 0.15) is 17.9 Å². The molecule has 2 fully saturated rings. The molecule has 3 N–H and O–H groups in total. The maximum Gasteiger partial charge on any atom is 0.255 e. The third kappa shape index (κ3) is 4.16. The van der Waals surface area contributed by atoms with E-state index in [2.05, 4.69) is 17.2 Å². The van der Waals surface area contributed by atoms with Crippen LogP contribution in [0.2, 0.25) is 0 Å². The minimum absolute atomic E-state index is 0.0525. The topological polar surface area (TPSA) is 90.9 Å². The summed E-state index contributed by atoms with van der Waals surface area (Å²) in [6.45, 7) is 4.91. The van der Waals surface area contributed by atoms with Gasteiger partial charge in [0.15, 0.2) is 0 Å². The van der Waals surface area contributed by atoms with E-state index in [1.54, 1.807) is 4.90 Å². The van der Waals surface area contributed by atoms with Gasteiger partial charge in [0.25, 0.3) is 5.91 Å². The van der Waals surface area contributed by atoms with Crippen LogP contribution in [0.25, 0.3) is 0 Å². The summed E-state index contributed by atoms with van der Waals surface area (Å²) in [6.07, 6.45) is 5.63. The number of carbonyl (C=O) groups excluding carboxylic acids is 2. The molecule has 1 saturated heterocycles. The molecule has 156 valence electrons. The Morgan fingerprint density at radius 3 is 2.86 bits per heavy atom. The number of aliphatic hydroxyl groups is 1. The van der Waals surface area contributed by atoms with Gasteiger partial charge < -0.3 is 25.4 Å². The Morgan fingerprint density at radius 1 is 1.24 bits per heavy atom. The fourth-order valence-corrected chi connectivity index (χ4v) is 4.60. The van der Waals surface area contributed by atoms with Gasteiger partial charge in [0.2, 0.25) is 5.91 Å². The molecular formula is C22H29N3O4. The molecular weight excluding hydrogens is 370 g/mol. The van der Waals surface area contributed by atoms with Crippen LogP contribution < -0.4 is 15.4 Å². The standard InChI is InChI=1S/C22H29N3O4/c1-14-6-9-19(21(27)24-14)25-13-15-12-16(7-8-17(15)22(25)28)29-20-5-3-2-4-18(20)23-10-11-26/h7-8,12,18-20,23,26H,1-6,9-11,13H2,(H,24,27). The normalized spacial score (nSPS) is 27.0. The summed E-state index contributed by atoms with van der Waals surface area (Å²) in [5, 5.41) is 15.2. The third-order valence-corrected chi connectivity index (χ3v) is 6.12. The molecule has 4 rings (SSSR count). The first kappa shape index (κ1) is 19.9. The monoisotopic (exact) mass is 399 g/mol. The van der Waals surface area contributed by atoms with Gasteiger partial charge in [0, 0.05) is 30.4 Å². The Labute approximate surface area is 171 Å². The molecule has 2 heterocycles. The molecule has 0 bridgehead atoms. The highest BCUT2D eigenvalue weighted by Gasteiger charge is 2.38. The fourth-order valence-electron chi connectivity index (χ4n) is 4.60. The molecule has 3 atom stereocenters. The van der Waals surface area contributed by atoms with Crippen molar-refractivity contribution in [1.82, 2.24) is 15.5 Å². The lowest BCUT2D eigenvalue weighted by Gasteiger charge is -2.32. The largest absolute Gasteiger partial charge is 0.489 e. The highest BCUT2D eigenvalue weighted by molar-refractivity contribution is 6.01. The number of aliphatic hydroxyl groups excluding tert-OH is 1. The van der Waals surface area contributed by atoms with Crippen LogP contribution in [0.5, 0.6) is 5.75 Å². The fraction of sp³-hybridized carbons (Fsp3) is 0.545. The lowest BCUT2D eigenvalue weighted by molar-refractivity contribution is -0.126. The zero-order valence-corrected chi connectivity index (χ0v) is 16.7. The van der Waals surface area contributed by atoms with Crippen LogP contribution in [0.3, 0.4) is 0 Å². The average Bonchev–Trinajstić information content (AvgIpc) is 3.03. The van der Waals surface area contributed by atoms with Crippen molar-refractivity contribution in [2.75, 3.05) is 13.2 Å². The summed E-state index contributed by atoms with van der Waals surface area (Å²) < 4.78 is 6.28. The van der Waals surface area contributed by atoms with E-state index < -0.39 is 6.04 Å². The zero-order valence-electron chi connectivity index (χ0n) is 16.7. The van der Waals surface area contributed by atoms with Gasteiger partial charge in [0.05, 0.1) is 6.61 Å². The molecule has 1 aliphatic carbocycles. The number of ether oxygens (including phenoxy) is 1. The number of nitrogens with zero attached hydrogens (tertiary/aromatic N) is 1. The number of allylic oxidation sites excluding steroid dienone is 1. The van der Waals surface area contributed by atoms with Crippen molar-refractivity contribution in [3.8, 4) is 5.75 Å². The molecule has 7 heteroatoms. The van der Waals surface area contributed by atoms with Crippen molar-refractivity contribution in [2.45, 2.75) is 63.3 Å². The Morgan fingerprint density at radius 2 is 2.07 bits per heavy atom. The van der Waals surface area contributed by atoms with Crippen LogP contribution in [-0.4, -0.2) is 53.2 Å². The number of carbonyl (C=O) groups is 2. The summed E-state index contributed by atoms with van der Waals surface area (Å²) in [4.78, 5) is 26.8. The van der Waals surface area contributed by atoms with Crippen LogP contribution in [-0.2, 0) is 11.3 Å². The van der Waals surface area contributed by atoms with Gasteiger partial charge >= 0.3 is 0 Å². The van der Waals surface area contributed by atoms with E-state index in [4.69, 9.17) is 9.84 Å². The summed E-state index contributed by atoms with van der Waals surface area (Å²) in [7, 11) is 0. The Kier molecular flexibility index (Phi) is 5.87. The number of amides is 2. The minimum Gasteiger partial charge on any atom is -0.489 e. The lowest BCUT2D eigenvalue weighted by Crippen LogP contribution is -2.49. The van der Waals surface area contributed by atoms with Crippen molar-refractivity contribution in [2.24, 2.45) is 0 Å². The first-order valence-electron chi connectivity index (χ1n) is 10.5. The quantitative estimate of drug-likeness (QED) is 0.677. The number of hydrogen-bond donors (Lipinski definition) is 3. The number of benzene rings is 1. The number of rotatable bonds is 6. The predicted molar refractivity (Wildman–Crippen MR) is 108 cm³/mol. The van der Waals surface area contributed by atoms with E-state index in [-0.39, 0.29) is 30.6 Å². The smallest absolute Gasteiger partial charge is 0.255 e. The van der Waals surface area contributed by atoms with Gasteiger partial charge in [-0.3, -0.25) is 9.59 Å². The second-order valence-corrected chi connectivity index (χ2v) is 8.12. The van der Waals surface area contributed by atoms with Crippen LogP contribution in [0.4, 0.5) is 0 Å². The molecule has 0 radical (unpaired) electrons. The SMILES string of the molecule is C=C1CCC(N2Cc3cc(OC4CCCCC4NCCO)ccc3C2=O)C(=O)N1. The van der Waals surface area contributed by atoms with E-state index in [1.807, 2.05) is 18.2 Å². The molecule has 1 aromatic carbocycles. The van der Waals surface area contributed by atoms with Crippen LogP contribution in [0.15, 0.2) is 30.5 Å². The van der Waals surface area contributed by atoms with Gasteiger partial charge in [-0.25, -0.2) is 0 Å². The second-order valence-electron chi connectivity index (χ2n) is 8.12. The Bertz CT molecular complexity index is 809. The summed E-state index contributed by atoms with van der Waals surface area (Å²) in [5.41, 5.74) is 2.26. The molecule has 0 aromatic heterocycles. The minimum atomic E-state index is -0.449. The molecule has 29 heavy (non-hydrogen) atoms. The van der Waals surface area contributed by atoms with Crippen LogP contribution in [0.1, 0.15) is 54.4 Å². The number of fused-ring (bicyclic) bond motifs is 1. The van der Waals surface area contributed by atoms with E-state index >= 15 is 0 Å². The van der Waals surface area contributed by atoms with Crippen molar-refractivity contribution in [3.63, 3.8) is 0 Å². The molecule has 7 nitrogen and oxygen atoms in total. The van der Waals surface area contributed by atoms with Crippen molar-refractivity contribution < 1.29 is 19.4 Å². The highest BCUT2D eigenvalue weighted by Crippen LogP contribution is 2.32. The first-order valence-corrected chi connectivity index (χ1v) is 10.5. The average molecular weight is 399 g/mol. The third-order valence-electron chi connectivity index (χ3n) is 6.12. The molecule has 2 aliphatic heterocycles. The molecule has 1 saturated carbocycles. The van der Waals surface area contributed by atoms with Gasteiger partial charge in [-0.15, -0.1) is 0 Å². The van der Waals surface area contributed by atoms with Crippen LogP contribution in [0, 0.1) is 0 Å². The van der Waals surface area contributed by atoms with Crippen molar-refractivity contribution >= 4 is 11.8 Å². The van der Waals surface area contributed by atoms with E-state index in [1.165, 1.54) is 0 Å². The highest BCUT2D eigenvalue weighted by atomic mass is 16.5. The van der Waals surface area contributed by atoms with Crippen LogP contribution >= 0.6 is 0 Å². The van der Waals surface area contributed by atoms with Crippen molar-refractivity contribution in [3.05, 3.63) is 41.6 Å². The molecule has 0 spiro atoms. The maximum absolute atomic E-state index is 12.8. The second kappa shape index (κ2) is 8.55. The Hall–Kier alpha value is -2.38. The van der Waals surface area contributed by atoms with Gasteiger partial charge in [-0.2, -0.15) is 0 Å². The summed E-state index contributed by atoms with van der Waals surface area (Å²) in [6, 6.07) is 5.37. The Balaban J connectivity index is 1.46.